The summed E-state index contributed by atoms with van der Waals surface area (Å²) in [6, 6.07) is 0. The highest BCUT2D eigenvalue weighted by atomic mass is 16.3. The molecule has 1 aromatic rings. The molecule has 2 rings (SSSR count). The molecule has 5 nitrogen and oxygen atoms in total. The molecule has 1 saturated heterocycles. The molecule has 1 fully saturated rings. The van der Waals surface area contributed by atoms with Gasteiger partial charge in [0.2, 0.25) is 5.91 Å². The van der Waals surface area contributed by atoms with Crippen LogP contribution in [-0.2, 0) is 11.2 Å². The van der Waals surface area contributed by atoms with E-state index in [1.807, 2.05) is 0 Å². The zero-order valence-corrected chi connectivity index (χ0v) is 9.75. The quantitative estimate of drug-likeness (QED) is 0.815. The van der Waals surface area contributed by atoms with Crippen LogP contribution in [0, 0.1) is 5.92 Å². The van der Waals surface area contributed by atoms with Gasteiger partial charge in [0.15, 0.2) is 0 Å². The topological polar surface area (TPSA) is 66.3 Å². The summed E-state index contributed by atoms with van der Waals surface area (Å²) in [4.78, 5) is 21.4. The van der Waals surface area contributed by atoms with E-state index in [2.05, 4.69) is 9.97 Å². The van der Waals surface area contributed by atoms with Crippen LogP contribution < -0.4 is 0 Å². The van der Waals surface area contributed by atoms with Crippen LogP contribution in [-0.4, -0.2) is 45.6 Å². The van der Waals surface area contributed by atoms with E-state index in [1.54, 1.807) is 23.5 Å². The van der Waals surface area contributed by atoms with Gasteiger partial charge in [-0.1, -0.05) is 0 Å². The number of amides is 1. The van der Waals surface area contributed by atoms with Gasteiger partial charge < -0.3 is 10.0 Å². The van der Waals surface area contributed by atoms with E-state index in [1.165, 1.54) is 0 Å². The third-order valence-corrected chi connectivity index (χ3v) is 3.12. The Balaban J connectivity index is 1.92. The van der Waals surface area contributed by atoms with Gasteiger partial charge in [-0.3, -0.25) is 14.8 Å². The molecule has 92 valence electrons. The van der Waals surface area contributed by atoms with Crippen LogP contribution in [0.25, 0.3) is 0 Å². The number of aliphatic hydroxyl groups is 1. The Bertz CT molecular complexity index is 369. The van der Waals surface area contributed by atoms with Gasteiger partial charge in [-0.05, 0) is 25.2 Å². The number of piperidine rings is 1. The number of hydrogen-bond acceptors (Lipinski definition) is 4. The lowest BCUT2D eigenvalue weighted by Crippen LogP contribution is -2.41. The highest BCUT2D eigenvalue weighted by Crippen LogP contribution is 2.19. The summed E-state index contributed by atoms with van der Waals surface area (Å²) in [5.41, 5.74) is 0.968. The minimum atomic E-state index is -0.391. The van der Waals surface area contributed by atoms with Crippen LogP contribution in [0.5, 0.6) is 0 Å². The van der Waals surface area contributed by atoms with Crippen LogP contribution in [0.2, 0.25) is 0 Å². The Morgan fingerprint density at radius 3 is 3.12 bits per heavy atom. The van der Waals surface area contributed by atoms with E-state index in [-0.39, 0.29) is 5.91 Å². The fourth-order valence-electron chi connectivity index (χ4n) is 2.29. The van der Waals surface area contributed by atoms with Crippen molar-refractivity contribution in [2.24, 2.45) is 5.92 Å². The molecule has 1 amide bonds. The molecular formula is C12H17N3O2. The van der Waals surface area contributed by atoms with Crippen molar-refractivity contribution in [3.63, 3.8) is 0 Å². The second-order valence-electron chi connectivity index (χ2n) is 4.41. The monoisotopic (exact) mass is 235 g/mol. The first-order valence-corrected chi connectivity index (χ1v) is 5.93. The summed E-state index contributed by atoms with van der Waals surface area (Å²) in [7, 11) is 0. The van der Waals surface area contributed by atoms with E-state index >= 15 is 0 Å². The summed E-state index contributed by atoms with van der Waals surface area (Å²) >= 11 is 0. The minimum Gasteiger partial charge on any atom is -0.387 e. The molecular weight excluding hydrogens is 218 g/mol. The van der Waals surface area contributed by atoms with E-state index < -0.39 is 6.61 Å². The predicted molar refractivity (Wildman–Crippen MR) is 62.1 cm³/mol. The summed E-state index contributed by atoms with van der Waals surface area (Å²) < 4.78 is 0. The summed E-state index contributed by atoms with van der Waals surface area (Å²) in [6.07, 6.45) is 8.07. The smallest absolute Gasteiger partial charge is 0.248 e. The molecule has 0 saturated carbocycles. The molecule has 0 aliphatic carbocycles. The van der Waals surface area contributed by atoms with Gasteiger partial charge in [0.25, 0.3) is 0 Å². The van der Waals surface area contributed by atoms with Crippen LogP contribution in [0.3, 0.4) is 0 Å². The molecule has 1 unspecified atom stereocenters. The second-order valence-corrected chi connectivity index (χ2v) is 4.41. The van der Waals surface area contributed by atoms with Crippen LogP contribution >= 0.6 is 0 Å². The molecule has 0 spiro atoms. The van der Waals surface area contributed by atoms with Crippen LogP contribution in [0.15, 0.2) is 18.6 Å². The molecule has 1 N–H and O–H groups in total. The third-order valence-electron chi connectivity index (χ3n) is 3.12. The lowest BCUT2D eigenvalue weighted by atomic mass is 9.93. The van der Waals surface area contributed by atoms with Crippen molar-refractivity contribution in [3.05, 3.63) is 24.3 Å². The predicted octanol–water partition coefficient (Wildman–Crippen LogP) is 0.250. The van der Waals surface area contributed by atoms with Crippen molar-refractivity contribution in [3.8, 4) is 0 Å². The van der Waals surface area contributed by atoms with Gasteiger partial charge in [0.1, 0.15) is 6.61 Å². The summed E-state index contributed by atoms with van der Waals surface area (Å²) in [5.74, 6) is 0.254. The normalized spacial score (nSPS) is 20.3. The highest BCUT2D eigenvalue weighted by Gasteiger charge is 2.23. The molecule has 0 radical (unpaired) electrons. The van der Waals surface area contributed by atoms with E-state index in [4.69, 9.17) is 5.11 Å². The SMILES string of the molecule is O=C(CO)N1CCCC(Cc2cnccn2)C1. The molecule has 2 heterocycles. The van der Waals surface area contributed by atoms with Crippen molar-refractivity contribution in [2.75, 3.05) is 19.7 Å². The zero-order chi connectivity index (χ0) is 12.1. The average Bonchev–Trinajstić information content (AvgIpc) is 2.39. The molecule has 5 heteroatoms. The standard InChI is InChI=1S/C12H17N3O2/c16-9-12(17)15-5-1-2-10(8-15)6-11-7-13-3-4-14-11/h3-4,7,10,16H,1-2,5-6,8-9H2. The number of aliphatic hydroxyl groups excluding tert-OH is 1. The van der Waals surface area contributed by atoms with Crippen molar-refractivity contribution < 1.29 is 9.90 Å². The fraction of sp³-hybridized carbons (Fsp3) is 0.583. The molecule has 1 aromatic heterocycles. The third kappa shape index (κ3) is 3.23. The average molecular weight is 235 g/mol. The minimum absolute atomic E-state index is 0.172. The van der Waals surface area contributed by atoms with Gasteiger partial charge in [-0.25, -0.2) is 0 Å². The van der Waals surface area contributed by atoms with Crippen molar-refractivity contribution in [1.82, 2.24) is 14.9 Å². The molecule has 0 aromatic carbocycles. The van der Waals surface area contributed by atoms with Crippen molar-refractivity contribution in [2.45, 2.75) is 19.3 Å². The van der Waals surface area contributed by atoms with Gasteiger partial charge >= 0.3 is 0 Å². The fourth-order valence-corrected chi connectivity index (χ4v) is 2.29. The van der Waals surface area contributed by atoms with Crippen molar-refractivity contribution in [1.29, 1.82) is 0 Å². The van der Waals surface area contributed by atoms with E-state index in [9.17, 15) is 4.79 Å². The number of aromatic nitrogens is 2. The Kier molecular flexibility index (Phi) is 4.03. The first kappa shape index (κ1) is 12.0. The first-order valence-electron chi connectivity index (χ1n) is 5.93. The number of nitrogens with zero attached hydrogens (tertiary/aromatic N) is 3. The first-order chi connectivity index (χ1) is 8.29. The summed E-state index contributed by atoms with van der Waals surface area (Å²) in [5, 5.41) is 8.85. The zero-order valence-electron chi connectivity index (χ0n) is 9.75. The Morgan fingerprint density at radius 2 is 2.41 bits per heavy atom. The van der Waals surface area contributed by atoms with E-state index in [0.29, 0.717) is 5.92 Å². The maximum absolute atomic E-state index is 11.4. The largest absolute Gasteiger partial charge is 0.387 e. The van der Waals surface area contributed by atoms with Gasteiger partial charge in [0.05, 0.1) is 5.69 Å². The lowest BCUT2D eigenvalue weighted by Gasteiger charge is -2.32. The number of carbonyl (C=O) groups is 1. The maximum Gasteiger partial charge on any atom is 0.248 e. The molecule has 1 atom stereocenters. The number of carbonyl (C=O) groups excluding carboxylic acids is 1. The second kappa shape index (κ2) is 5.72. The van der Waals surface area contributed by atoms with Gasteiger partial charge in [-0.2, -0.15) is 0 Å². The lowest BCUT2D eigenvalue weighted by molar-refractivity contribution is -0.136. The Hall–Kier alpha value is -1.49. The maximum atomic E-state index is 11.4. The molecule has 17 heavy (non-hydrogen) atoms. The van der Waals surface area contributed by atoms with Crippen LogP contribution in [0.4, 0.5) is 0 Å². The summed E-state index contributed by atoms with van der Waals surface area (Å²) in [6.45, 7) is 1.09. The van der Waals surface area contributed by atoms with E-state index in [0.717, 1.165) is 38.0 Å². The van der Waals surface area contributed by atoms with Gasteiger partial charge in [0, 0.05) is 31.7 Å². The number of likely N-dealkylation sites (tertiary alicyclic amines) is 1. The number of hydrogen-bond donors (Lipinski definition) is 1. The van der Waals surface area contributed by atoms with Crippen LogP contribution in [0.1, 0.15) is 18.5 Å². The van der Waals surface area contributed by atoms with Gasteiger partial charge in [-0.15, -0.1) is 0 Å². The molecule has 0 bridgehead atoms. The number of rotatable bonds is 3. The highest BCUT2D eigenvalue weighted by molar-refractivity contribution is 5.77. The molecule has 1 aliphatic rings. The Labute approximate surface area is 100 Å². The molecule has 1 aliphatic heterocycles. The Morgan fingerprint density at radius 1 is 1.53 bits per heavy atom. The van der Waals surface area contributed by atoms with Crippen molar-refractivity contribution >= 4 is 5.91 Å².